The van der Waals surface area contributed by atoms with Crippen LogP contribution in [0.2, 0.25) is 0 Å². The standard InChI is InChI=1S/C14H12N2O4.C13H10N2O4/c1-3-4-16-13(19)9-5-7-8(6-10(9)14(16)20)12(18)15(2)11(7)17;1-3-15-12(18)8-4-6-7(5-9(8)13(15)19)11(17)14(2)10(6)16/h5-6H,3-4H2,1-2H3;4-5H,3H2,1-2H3. The molecule has 6 aromatic rings. The van der Waals surface area contributed by atoms with Crippen molar-refractivity contribution in [2.24, 2.45) is 14.1 Å². The number of hydrogen-bond acceptors (Lipinski definition) is 8. The van der Waals surface area contributed by atoms with Crippen LogP contribution in [0.4, 0.5) is 0 Å². The first-order valence-corrected chi connectivity index (χ1v) is 12.2. The van der Waals surface area contributed by atoms with Gasteiger partial charge in [0.1, 0.15) is 0 Å². The summed E-state index contributed by atoms with van der Waals surface area (Å²) < 4.78 is 4.21. The van der Waals surface area contributed by atoms with Crippen LogP contribution < -0.4 is 44.5 Å². The third-order valence-corrected chi connectivity index (χ3v) is 7.12. The molecule has 39 heavy (non-hydrogen) atoms. The second-order valence-corrected chi connectivity index (χ2v) is 9.34. The Balaban J connectivity index is 0.000000158. The highest BCUT2D eigenvalue weighted by Gasteiger charge is 2.19. The van der Waals surface area contributed by atoms with Crippen LogP contribution in [-0.4, -0.2) is 18.3 Å². The number of benzene rings is 2. The topological polar surface area (TPSA) is 156 Å². The first-order valence-electron chi connectivity index (χ1n) is 12.2. The van der Waals surface area contributed by atoms with E-state index in [4.69, 9.17) is 0 Å². The van der Waals surface area contributed by atoms with Crippen LogP contribution in [0.15, 0.2) is 62.6 Å². The van der Waals surface area contributed by atoms with Gasteiger partial charge >= 0.3 is 0 Å². The lowest BCUT2D eigenvalue weighted by molar-refractivity contribution is 0.650. The van der Waals surface area contributed by atoms with E-state index in [2.05, 4.69) is 0 Å². The Morgan fingerprint density at radius 1 is 0.436 bits per heavy atom. The van der Waals surface area contributed by atoms with E-state index in [1.165, 1.54) is 38.4 Å². The number of nitrogens with zero attached hydrogens (tertiary/aromatic N) is 4. The Bertz CT molecular complexity index is 2260. The second kappa shape index (κ2) is 8.79. The van der Waals surface area contributed by atoms with Crippen molar-refractivity contribution in [3.05, 3.63) is 107 Å². The Kier molecular flexibility index (Phi) is 5.78. The van der Waals surface area contributed by atoms with Gasteiger partial charge in [-0.3, -0.25) is 56.6 Å². The van der Waals surface area contributed by atoms with E-state index in [0.717, 1.165) is 18.3 Å². The average Bonchev–Trinajstić information content (AvgIpc) is 3.48. The quantitative estimate of drug-likeness (QED) is 0.292. The lowest BCUT2D eigenvalue weighted by Crippen LogP contribution is -2.25. The monoisotopic (exact) mass is 530 g/mol. The molecular weight excluding hydrogens is 508 g/mol. The molecule has 0 atom stereocenters. The minimum absolute atomic E-state index is 0.186. The molecule has 0 saturated carbocycles. The molecule has 2 aromatic carbocycles. The van der Waals surface area contributed by atoms with Crippen molar-refractivity contribution in [3.8, 4) is 0 Å². The van der Waals surface area contributed by atoms with Gasteiger partial charge in [-0.25, -0.2) is 0 Å². The third kappa shape index (κ3) is 3.44. The molecule has 4 aromatic heterocycles. The van der Waals surface area contributed by atoms with Gasteiger partial charge in [-0.2, -0.15) is 0 Å². The van der Waals surface area contributed by atoms with Crippen LogP contribution >= 0.6 is 0 Å². The average molecular weight is 530 g/mol. The molecule has 0 fully saturated rings. The first-order chi connectivity index (χ1) is 18.4. The van der Waals surface area contributed by atoms with Gasteiger partial charge in [0.15, 0.2) is 0 Å². The fourth-order valence-corrected chi connectivity index (χ4v) is 5.00. The van der Waals surface area contributed by atoms with E-state index in [9.17, 15) is 38.4 Å². The van der Waals surface area contributed by atoms with Crippen LogP contribution in [0.3, 0.4) is 0 Å². The Morgan fingerprint density at radius 2 is 0.692 bits per heavy atom. The molecule has 0 aliphatic rings. The predicted molar refractivity (Wildman–Crippen MR) is 148 cm³/mol. The highest BCUT2D eigenvalue weighted by Crippen LogP contribution is 2.15. The molecule has 0 unspecified atom stereocenters. The molecular formula is C27H22N4O8. The van der Waals surface area contributed by atoms with Gasteiger partial charge in [0.25, 0.3) is 44.5 Å². The maximum absolute atomic E-state index is 12.2. The second-order valence-electron chi connectivity index (χ2n) is 9.34. The van der Waals surface area contributed by atoms with E-state index in [0.29, 0.717) is 13.0 Å². The van der Waals surface area contributed by atoms with Crippen LogP contribution in [0.25, 0.3) is 43.1 Å². The molecule has 0 amide bonds. The van der Waals surface area contributed by atoms with Crippen LogP contribution in [-0.2, 0) is 27.2 Å². The molecule has 0 saturated heterocycles. The highest BCUT2D eigenvalue weighted by molar-refractivity contribution is 5.98. The summed E-state index contributed by atoms with van der Waals surface area (Å²) in [5.74, 6) is 0. The molecule has 198 valence electrons. The molecule has 0 aliphatic heterocycles. The molecule has 4 heterocycles. The van der Waals surface area contributed by atoms with E-state index in [-0.39, 0.29) is 49.6 Å². The lowest BCUT2D eigenvalue weighted by atomic mass is 10.1. The van der Waals surface area contributed by atoms with Gasteiger partial charge in [0.05, 0.1) is 43.1 Å². The normalized spacial score (nSPS) is 11.7. The zero-order valence-corrected chi connectivity index (χ0v) is 21.5. The largest absolute Gasteiger partial charge is 0.277 e. The number of fused-ring (bicyclic) bond motifs is 4. The minimum Gasteiger partial charge on any atom is -0.277 e. The Hall–Kier alpha value is -5.00. The van der Waals surface area contributed by atoms with Gasteiger partial charge in [-0.1, -0.05) is 6.92 Å². The molecule has 0 N–H and O–H groups in total. The molecule has 12 heteroatoms. The molecule has 6 rings (SSSR count). The van der Waals surface area contributed by atoms with Gasteiger partial charge in [0, 0.05) is 27.2 Å². The highest BCUT2D eigenvalue weighted by atomic mass is 16.2. The van der Waals surface area contributed by atoms with Crippen molar-refractivity contribution in [2.45, 2.75) is 33.4 Å². The molecule has 0 bridgehead atoms. The van der Waals surface area contributed by atoms with Crippen molar-refractivity contribution < 1.29 is 0 Å². The van der Waals surface area contributed by atoms with Crippen LogP contribution in [0.1, 0.15) is 20.3 Å². The van der Waals surface area contributed by atoms with Crippen molar-refractivity contribution in [3.63, 3.8) is 0 Å². The number of aromatic nitrogens is 4. The van der Waals surface area contributed by atoms with Crippen LogP contribution in [0, 0.1) is 0 Å². The van der Waals surface area contributed by atoms with E-state index >= 15 is 0 Å². The summed E-state index contributed by atoms with van der Waals surface area (Å²) in [5.41, 5.74) is -3.41. The summed E-state index contributed by atoms with van der Waals surface area (Å²) in [6.45, 7) is 4.16. The van der Waals surface area contributed by atoms with Gasteiger partial charge in [0.2, 0.25) is 0 Å². The predicted octanol–water partition coefficient (Wildman–Crippen LogP) is -0.671. The SMILES string of the molecule is CCCn1c(=O)c2cc3c(=O)n(C)c(=O)c3cc2c1=O.CCn1c(=O)c2cc3c(=O)n(C)c(=O)c3cc2c1=O. The van der Waals surface area contributed by atoms with Crippen LogP contribution in [0.5, 0.6) is 0 Å². The van der Waals surface area contributed by atoms with E-state index in [1.807, 2.05) is 6.92 Å². The maximum atomic E-state index is 12.2. The Morgan fingerprint density at radius 3 is 0.949 bits per heavy atom. The first kappa shape index (κ1) is 25.6. The number of hydrogen-bond donors (Lipinski definition) is 0. The minimum atomic E-state index is -0.446. The van der Waals surface area contributed by atoms with Gasteiger partial charge in [-0.15, -0.1) is 0 Å². The van der Waals surface area contributed by atoms with Crippen molar-refractivity contribution in [1.29, 1.82) is 0 Å². The Labute approximate surface area is 216 Å². The molecule has 0 spiro atoms. The molecule has 12 nitrogen and oxygen atoms in total. The summed E-state index contributed by atoms with van der Waals surface area (Å²) in [7, 11) is 2.75. The number of rotatable bonds is 3. The summed E-state index contributed by atoms with van der Waals surface area (Å²) in [5, 5.41) is 1.56. The summed E-state index contributed by atoms with van der Waals surface area (Å²) in [6.07, 6.45) is 0.659. The summed E-state index contributed by atoms with van der Waals surface area (Å²) in [4.78, 5) is 95.8. The van der Waals surface area contributed by atoms with Crippen molar-refractivity contribution in [2.75, 3.05) is 0 Å². The molecule has 0 radical (unpaired) electrons. The molecule has 0 aliphatic carbocycles. The fraction of sp³-hybridized carbons (Fsp3) is 0.259. The zero-order chi connectivity index (χ0) is 28.5. The smallest absolute Gasteiger partial charge is 0.261 e. The zero-order valence-electron chi connectivity index (χ0n) is 21.5. The maximum Gasteiger partial charge on any atom is 0.261 e. The van der Waals surface area contributed by atoms with Gasteiger partial charge < -0.3 is 0 Å². The third-order valence-electron chi connectivity index (χ3n) is 7.12. The lowest BCUT2D eigenvalue weighted by Gasteiger charge is -1.93. The van der Waals surface area contributed by atoms with E-state index < -0.39 is 44.5 Å². The van der Waals surface area contributed by atoms with Gasteiger partial charge in [-0.05, 0) is 37.6 Å². The van der Waals surface area contributed by atoms with Crippen molar-refractivity contribution >= 4 is 43.1 Å². The summed E-state index contributed by atoms with van der Waals surface area (Å²) >= 11 is 0. The van der Waals surface area contributed by atoms with Crippen molar-refractivity contribution in [1.82, 2.24) is 18.3 Å². The summed E-state index contributed by atoms with van der Waals surface area (Å²) in [6, 6.07) is 5.43. The van der Waals surface area contributed by atoms with E-state index in [1.54, 1.807) is 6.92 Å². The fourth-order valence-electron chi connectivity index (χ4n) is 5.00.